The first-order valence-corrected chi connectivity index (χ1v) is 2.56. The van der Waals surface area contributed by atoms with Gasteiger partial charge in [0.25, 0.3) is 0 Å². The molecule has 0 bridgehead atoms. The molecule has 0 aliphatic rings. The Morgan fingerprint density at radius 3 is 2.38 bits per heavy atom. The maximum atomic E-state index is 9.68. The number of allylic oxidation sites excluding steroid dienone is 1. The van der Waals surface area contributed by atoms with Crippen LogP contribution in [0, 0.1) is 11.3 Å². The van der Waals surface area contributed by atoms with Gasteiger partial charge >= 0.3 is 0 Å². The van der Waals surface area contributed by atoms with Crippen molar-refractivity contribution in [2.75, 3.05) is 0 Å². The molecule has 0 aromatic carbocycles. The Labute approximate surface area is 48.2 Å². The fourth-order valence-corrected chi connectivity index (χ4v) is 0.249. The summed E-state index contributed by atoms with van der Waals surface area (Å²) in [4.78, 5) is -0.787. The summed E-state index contributed by atoms with van der Waals surface area (Å²) in [5.74, 6) is 1.19. The summed E-state index contributed by atoms with van der Waals surface area (Å²) in [6.45, 7) is 0. The molecule has 0 aromatic heterocycles. The summed E-state index contributed by atoms with van der Waals surface area (Å²) in [5, 5.41) is 15.6. The smallest absolute Gasteiger partial charge is 0.121 e. The molecule has 0 aromatic rings. The molecule has 5 heteroatoms. The minimum Gasteiger partial charge on any atom is -0.767 e. The third-order valence-electron chi connectivity index (χ3n) is 0.370. The van der Waals surface area contributed by atoms with Crippen LogP contribution in [0.3, 0.4) is 0 Å². The molecule has 0 spiro atoms. The largest absolute Gasteiger partial charge is 0.767 e. The second kappa shape index (κ2) is 3.10. The molecule has 0 radical (unpaired) electrons. The molecular weight excluding hydrogens is 128 g/mol. The Morgan fingerprint density at radius 1 is 1.88 bits per heavy atom. The zero-order valence-corrected chi connectivity index (χ0v) is 4.44. The summed E-state index contributed by atoms with van der Waals surface area (Å²) >= 11 is -2.66. The Bertz CT molecular complexity index is 198. The maximum Gasteiger partial charge on any atom is 0.121 e. The molecule has 1 atom stereocenters. The number of hydrogen-bond donors (Lipinski definition) is 0. The fourth-order valence-electron chi connectivity index (χ4n) is 0.0995. The molecule has 0 saturated heterocycles. The van der Waals surface area contributed by atoms with Crippen molar-refractivity contribution in [2.24, 2.45) is 0 Å². The zero-order valence-electron chi connectivity index (χ0n) is 3.62. The molecule has 0 amide bonds. The van der Waals surface area contributed by atoms with E-state index in [1.54, 1.807) is 0 Å². The van der Waals surface area contributed by atoms with Crippen LogP contribution in [0.4, 0.5) is 0 Å². The molecule has 0 fully saturated rings. The standard InChI is InChI=1S/C3HN2O2S/c4-1-3(2-5)8(6)7/h(H,6,7)/q-1/p-1. The van der Waals surface area contributed by atoms with Gasteiger partial charge in [-0.1, -0.05) is 0 Å². The van der Waals surface area contributed by atoms with E-state index in [-0.39, 0.29) is 0 Å². The highest BCUT2D eigenvalue weighted by Crippen LogP contribution is 1.87. The molecule has 0 N–H and O–H groups in total. The molecule has 0 saturated carbocycles. The van der Waals surface area contributed by atoms with Crippen molar-refractivity contribution in [2.45, 2.75) is 0 Å². The van der Waals surface area contributed by atoms with E-state index in [1.165, 1.54) is 11.9 Å². The van der Waals surface area contributed by atoms with Gasteiger partial charge in [-0.05, 0) is 11.1 Å². The monoisotopic (exact) mass is 128 g/mol. The van der Waals surface area contributed by atoms with Crippen LogP contribution in [0.15, 0.2) is 4.91 Å². The van der Waals surface area contributed by atoms with E-state index < -0.39 is 16.0 Å². The van der Waals surface area contributed by atoms with Crippen LogP contribution in [0.25, 0.3) is 5.41 Å². The van der Waals surface area contributed by atoms with Crippen molar-refractivity contribution in [3.63, 3.8) is 0 Å². The Balaban J connectivity index is 4.46. The van der Waals surface area contributed by atoms with E-state index >= 15 is 0 Å². The first-order valence-electron chi connectivity index (χ1n) is 1.48. The molecular formula is C3N2O2S-2. The van der Waals surface area contributed by atoms with Crippen molar-refractivity contribution in [3.05, 3.63) is 10.3 Å². The van der Waals surface area contributed by atoms with Gasteiger partial charge in [0.15, 0.2) is 0 Å². The first-order chi connectivity index (χ1) is 3.72. The predicted octanol–water partition coefficient (Wildman–Crippen LogP) is -0.488. The average Bonchev–Trinajstić information content (AvgIpc) is 1.69. The Kier molecular flexibility index (Phi) is 2.74. The predicted molar refractivity (Wildman–Crippen MR) is 26.4 cm³/mol. The lowest BCUT2D eigenvalue weighted by atomic mass is 10.7. The molecule has 0 rings (SSSR count). The van der Waals surface area contributed by atoms with Crippen molar-refractivity contribution in [3.8, 4) is 6.07 Å². The van der Waals surface area contributed by atoms with E-state index in [1.807, 2.05) is 0 Å². The normalized spacial score (nSPS) is 11.0. The van der Waals surface area contributed by atoms with Gasteiger partial charge in [-0.2, -0.15) is 5.26 Å². The highest BCUT2D eigenvalue weighted by Gasteiger charge is 1.84. The van der Waals surface area contributed by atoms with E-state index in [2.05, 4.69) is 0 Å². The first kappa shape index (κ1) is 7.05. The number of nitriles is 1. The minimum atomic E-state index is -2.66. The van der Waals surface area contributed by atoms with Crippen LogP contribution >= 0.6 is 0 Å². The molecule has 42 valence electrons. The number of hydrogen-bond acceptors (Lipinski definition) is 3. The SMILES string of the molecule is N#CC(=C=[N-])S(=O)[O-]. The fraction of sp³-hybridized carbons (Fsp3) is 0. The van der Waals surface area contributed by atoms with Gasteiger partial charge in [-0.15, -0.1) is 0 Å². The summed E-state index contributed by atoms with van der Waals surface area (Å²) in [7, 11) is 0. The van der Waals surface area contributed by atoms with Crippen LogP contribution in [0.1, 0.15) is 0 Å². The summed E-state index contributed by atoms with van der Waals surface area (Å²) in [6.07, 6.45) is 0. The van der Waals surface area contributed by atoms with Gasteiger partial charge in [0.1, 0.15) is 11.0 Å². The van der Waals surface area contributed by atoms with Gasteiger partial charge in [0.2, 0.25) is 0 Å². The molecule has 1 unspecified atom stereocenters. The topological polar surface area (TPSA) is 86.2 Å². The lowest BCUT2D eigenvalue weighted by molar-refractivity contribution is 0.545. The molecule has 0 aliphatic carbocycles. The highest BCUT2D eigenvalue weighted by atomic mass is 32.2. The molecule has 0 aliphatic heterocycles. The van der Waals surface area contributed by atoms with Gasteiger partial charge in [-0.3, -0.25) is 4.21 Å². The van der Waals surface area contributed by atoms with Gasteiger partial charge in [0, 0.05) is 0 Å². The van der Waals surface area contributed by atoms with Gasteiger partial charge < -0.3 is 9.96 Å². The summed E-state index contributed by atoms with van der Waals surface area (Å²) in [5.41, 5.74) is 0. The number of nitrogens with zero attached hydrogens (tertiary/aromatic N) is 2. The third kappa shape index (κ3) is 1.67. The summed E-state index contributed by atoms with van der Waals surface area (Å²) < 4.78 is 19.4. The van der Waals surface area contributed by atoms with Crippen molar-refractivity contribution in [1.82, 2.24) is 0 Å². The van der Waals surface area contributed by atoms with E-state index in [9.17, 15) is 8.76 Å². The lowest BCUT2D eigenvalue weighted by Gasteiger charge is -1.97. The second-order valence-electron chi connectivity index (χ2n) is 0.787. The van der Waals surface area contributed by atoms with E-state index in [0.29, 0.717) is 0 Å². The summed E-state index contributed by atoms with van der Waals surface area (Å²) in [6, 6.07) is 1.19. The maximum absolute atomic E-state index is 9.68. The zero-order chi connectivity index (χ0) is 6.57. The third-order valence-corrected chi connectivity index (χ3v) is 0.886. The Hall–Kier alpha value is -0.950. The van der Waals surface area contributed by atoms with Crippen LogP contribution in [-0.2, 0) is 11.1 Å². The second-order valence-corrected chi connectivity index (χ2v) is 1.67. The highest BCUT2D eigenvalue weighted by molar-refractivity contribution is 7.84. The molecule has 4 nitrogen and oxygen atoms in total. The van der Waals surface area contributed by atoms with Crippen LogP contribution < -0.4 is 0 Å². The van der Waals surface area contributed by atoms with Crippen LogP contribution in [-0.4, -0.2) is 14.6 Å². The van der Waals surface area contributed by atoms with Crippen LogP contribution in [0.5, 0.6) is 0 Å². The quantitative estimate of drug-likeness (QED) is 0.271. The van der Waals surface area contributed by atoms with Crippen molar-refractivity contribution < 1.29 is 8.76 Å². The van der Waals surface area contributed by atoms with Crippen LogP contribution in [0.2, 0.25) is 0 Å². The Morgan fingerprint density at radius 2 is 2.38 bits per heavy atom. The van der Waals surface area contributed by atoms with E-state index in [4.69, 9.17) is 10.7 Å². The lowest BCUT2D eigenvalue weighted by Crippen LogP contribution is -1.88. The van der Waals surface area contributed by atoms with Crippen molar-refractivity contribution >= 4 is 17.0 Å². The van der Waals surface area contributed by atoms with E-state index in [0.717, 1.165) is 0 Å². The van der Waals surface area contributed by atoms with Gasteiger partial charge in [0.05, 0.1) is 0 Å². The molecule has 8 heavy (non-hydrogen) atoms. The van der Waals surface area contributed by atoms with Gasteiger partial charge in [-0.25, -0.2) is 5.87 Å². The number of rotatable bonds is 1. The van der Waals surface area contributed by atoms with Crippen molar-refractivity contribution in [1.29, 1.82) is 5.26 Å². The average molecular weight is 128 g/mol. The minimum absolute atomic E-state index is 0.787. The molecule has 0 heterocycles.